The number of carboxylic acid groups (broad SMARTS) is 1. The summed E-state index contributed by atoms with van der Waals surface area (Å²) < 4.78 is 46.1. The molecular formula is C37H37N3O10S. The summed E-state index contributed by atoms with van der Waals surface area (Å²) in [5.74, 6) is -1.01. The first-order valence-corrected chi connectivity index (χ1v) is 17.3. The molecule has 1 atom stereocenters. The number of carbonyl (C=O) groups is 3. The molecule has 14 heteroatoms. The van der Waals surface area contributed by atoms with E-state index in [0.717, 1.165) is 5.39 Å². The van der Waals surface area contributed by atoms with Crippen LogP contribution in [-0.2, 0) is 19.6 Å². The van der Waals surface area contributed by atoms with Gasteiger partial charge in [-0.25, -0.2) is 22.8 Å². The van der Waals surface area contributed by atoms with Crippen molar-refractivity contribution in [2.24, 2.45) is 0 Å². The van der Waals surface area contributed by atoms with Crippen molar-refractivity contribution in [3.8, 4) is 28.4 Å². The van der Waals surface area contributed by atoms with Gasteiger partial charge in [-0.15, -0.1) is 0 Å². The molecule has 0 saturated heterocycles. The Kier molecular flexibility index (Phi) is 10.6. The highest BCUT2D eigenvalue weighted by molar-refractivity contribution is 7.92. The van der Waals surface area contributed by atoms with Crippen LogP contribution >= 0.6 is 0 Å². The van der Waals surface area contributed by atoms with Crippen molar-refractivity contribution in [2.45, 2.75) is 43.7 Å². The molecule has 0 aliphatic carbocycles. The normalized spacial score (nSPS) is 12.2. The molecule has 0 aliphatic rings. The quantitative estimate of drug-likeness (QED) is 0.0992. The van der Waals surface area contributed by atoms with Gasteiger partial charge in [0.15, 0.2) is 0 Å². The van der Waals surface area contributed by atoms with E-state index in [0.29, 0.717) is 21.9 Å². The molecule has 0 radical (unpaired) electrons. The highest BCUT2D eigenvalue weighted by atomic mass is 32.2. The number of fused-ring (bicyclic) bond motifs is 2. The van der Waals surface area contributed by atoms with Gasteiger partial charge in [0, 0.05) is 28.4 Å². The van der Waals surface area contributed by atoms with Gasteiger partial charge in [0.05, 0.1) is 17.7 Å². The zero-order chi connectivity index (χ0) is 36.9. The summed E-state index contributed by atoms with van der Waals surface area (Å²) in [6.07, 6.45) is -2.09. The zero-order valence-electron chi connectivity index (χ0n) is 28.2. The number of sulfonamides is 1. The highest BCUT2D eigenvalue weighted by Gasteiger charge is 2.26. The average Bonchev–Trinajstić information content (AvgIpc) is 3.08. The lowest BCUT2D eigenvalue weighted by Crippen LogP contribution is -2.45. The van der Waals surface area contributed by atoms with Gasteiger partial charge in [0.2, 0.25) is 0 Å². The Bertz CT molecular complexity index is 2210. The number of phenolic OH excluding ortho intramolecular Hbond substituents is 1. The first kappa shape index (κ1) is 36.3. The Labute approximate surface area is 294 Å². The number of ether oxygens (including phenoxy) is 3. The van der Waals surface area contributed by atoms with Crippen molar-refractivity contribution in [1.82, 2.24) is 10.6 Å². The smallest absolute Gasteiger partial charge is 0.412 e. The predicted octanol–water partition coefficient (Wildman–Crippen LogP) is 6.63. The van der Waals surface area contributed by atoms with Crippen LogP contribution in [0.1, 0.15) is 27.2 Å². The SMILES string of the molecule is COc1ccc(S(=O)(=O)Nc2cc(-c3c(O)ccc4ccccc34)c(OC(=O)NCC[C@H](NC(=O)OC(C)(C)C)C(=O)O)c3ccccc23)cc1. The van der Waals surface area contributed by atoms with Crippen molar-refractivity contribution in [2.75, 3.05) is 18.4 Å². The zero-order valence-corrected chi connectivity index (χ0v) is 29.0. The number of methoxy groups -OCH3 is 1. The van der Waals surface area contributed by atoms with Gasteiger partial charge in [-0.2, -0.15) is 0 Å². The molecule has 0 aliphatic heterocycles. The van der Waals surface area contributed by atoms with Gasteiger partial charge >= 0.3 is 18.2 Å². The fourth-order valence-electron chi connectivity index (χ4n) is 5.39. The number of carbonyl (C=O) groups excluding carboxylic acids is 2. The third kappa shape index (κ3) is 8.59. The molecule has 0 fully saturated rings. The molecule has 5 aromatic carbocycles. The standard InChI is InChI=1S/C37H37N3O10S/c1-37(2,3)50-36(45)39-29(34(42)43)19-20-38-35(44)49-33-27-12-8-7-11-26(27)30(40-51(46,47)24-16-14-23(48-4)15-17-24)21-28(33)32-25-10-6-5-9-22(25)13-18-31(32)41/h5-18,21,29,40-41H,19-20H2,1-4H3,(H,38,44)(H,39,45)(H,42,43)/t29-/m0/s1. The molecule has 0 heterocycles. The third-order valence-corrected chi connectivity index (χ3v) is 9.05. The molecule has 0 aromatic heterocycles. The van der Waals surface area contributed by atoms with Crippen LogP contribution in [0.5, 0.6) is 17.2 Å². The van der Waals surface area contributed by atoms with Crippen LogP contribution < -0.4 is 24.8 Å². The maximum atomic E-state index is 13.6. The molecule has 5 N–H and O–H groups in total. The summed E-state index contributed by atoms with van der Waals surface area (Å²) in [7, 11) is -2.67. The summed E-state index contributed by atoms with van der Waals surface area (Å²) in [6.45, 7) is 4.70. The van der Waals surface area contributed by atoms with Crippen molar-refractivity contribution >= 4 is 55.4 Å². The van der Waals surface area contributed by atoms with E-state index in [4.69, 9.17) is 14.2 Å². The molecule has 0 bridgehead atoms. The number of nitrogens with one attached hydrogen (secondary N) is 3. The number of amides is 2. The number of aromatic hydroxyl groups is 1. The Morgan fingerprint density at radius 2 is 1.49 bits per heavy atom. The monoisotopic (exact) mass is 715 g/mol. The number of carboxylic acids is 1. The Balaban J connectivity index is 1.53. The minimum absolute atomic E-state index is 0.00353. The maximum absolute atomic E-state index is 13.6. The largest absolute Gasteiger partial charge is 0.507 e. The second kappa shape index (κ2) is 14.8. The van der Waals surface area contributed by atoms with Crippen LogP contribution in [-0.4, -0.2) is 62.1 Å². The molecule has 266 valence electrons. The number of benzene rings is 5. The van der Waals surface area contributed by atoms with E-state index in [9.17, 15) is 33.0 Å². The first-order valence-electron chi connectivity index (χ1n) is 15.8. The highest BCUT2D eigenvalue weighted by Crippen LogP contribution is 2.47. The van der Waals surface area contributed by atoms with Gasteiger partial charge in [-0.1, -0.05) is 54.6 Å². The van der Waals surface area contributed by atoms with Gasteiger partial charge in [0.25, 0.3) is 10.0 Å². The van der Waals surface area contributed by atoms with Gasteiger partial charge < -0.3 is 35.1 Å². The van der Waals surface area contributed by atoms with Crippen molar-refractivity contribution in [3.05, 3.63) is 91.0 Å². The molecule has 5 rings (SSSR count). The van der Waals surface area contributed by atoms with Crippen LogP contribution in [0.25, 0.3) is 32.7 Å². The molecular weight excluding hydrogens is 678 g/mol. The molecule has 0 spiro atoms. The fraction of sp³-hybridized carbons (Fsp3) is 0.216. The second-order valence-corrected chi connectivity index (χ2v) is 14.1. The van der Waals surface area contributed by atoms with Crippen LogP contribution in [0.3, 0.4) is 0 Å². The number of alkyl carbamates (subject to hydrolysis) is 1. The van der Waals surface area contributed by atoms with Crippen molar-refractivity contribution in [1.29, 1.82) is 0 Å². The first-order chi connectivity index (χ1) is 24.2. The molecule has 51 heavy (non-hydrogen) atoms. The lowest BCUT2D eigenvalue weighted by Gasteiger charge is -2.22. The Morgan fingerprint density at radius 3 is 2.14 bits per heavy atom. The van der Waals surface area contributed by atoms with E-state index in [-0.39, 0.29) is 46.2 Å². The topological polar surface area (TPSA) is 190 Å². The predicted molar refractivity (Wildman–Crippen MR) is 192 cm³/mol. The van der Waals surface area contributed by atoms with Crippen molar-refractivity contribution < 1.29 is 47.2 Å². The van der Waals surface area contributed by atoms with Crippen LogP contribution in [0.2, 0.25) is 0 Å². The lowest BCUT2D eigenvalue weighted by atomic mass is 9.93. The summed E-state index contributed by atoms with van der Waals surface area (Å²) in [4.78, 5) is 37.3. The van der Waals surface area contributed by atoms with E-state index in [2.05, 4.69) is 15.4 Å². The van der Waals surface area contributed by atoms with Gasteiger partial charge in [0.1, 0.15) is 28.9 Å². The average molecular weight is 716 g/mol. The minimum Gasteiger partial charge on any atom is -0.507 e. The van der Waals surface area contributed by atoms with E-state index in [1.165, 1.54) is 43.5 Å². The number of anilines is 1. The van der Waals surface area contributed by atoms with Crippen LogP contribution in [0.15, 0.2) is 95.9 Å². The Morgan fingerprint density at radius 1 is 0.843 bits per heavy atom. The van der Waals surface area contributed by atoms with E-state index in [1.54, 1.807) is 63.2 Å². The number of aliphatic carboxylic acids is 1. The van der Waals surface area contributed by atoms with Crippen molar-refractivity contribution in [3.63, 3.8) is 0 Å². The summed E-state index contributed by atoms with van der Waals surface area (Å²) >= 11 is 0. The summed E-state index contributed by atoms with van der Waals surface area (Å²) in [5.41, 5.74) is -0.229. The van der Waals surface area contributed by atoms with Crippen LogP contribution in [0.4, 0.5) is 15.3 Å². The maximum Gasteiger partial charge on any atom is 0.412 e. The molecule has 5 aromatic rings. The number of rotatable bonds is 11. The number of phenols is 1. The van der Waals surface area contributed by atoms with Crippen LogP contribution in [0, 0.1) is 0 Å². The van der Waals surface area contributed by atoms with E-state index >= 15 is 0 Å². The lowest BCUT2D eigenvalue weighted by molar-refractivity contribution is -0.139. The summed E-state index contributed by atoms with van der Waals surface area (Å²) in [6, 6.07) is 23.0. The molecule has 0 saturated carbocycles. The number of hydrogen-bond donors (Lipinski definition) is 5. The minimum atomic E-state index is -4.14. The van der Waals surface area contributed by atoms with Gasteiger partial charge in [-0.05, 0) is 74.4 Å². The molecule has 2 amide bonds. The third-order valence-electron chi connectivity index (χ3n) is 7.67. The van der Waals surface area contributed by atoms with E-state index < -0.39 is 39.8 Å². The van der Waals surface area contributed by atoms with E-state index in [1.807, 2.05) is 12.1 Å². The second-order valence-electron chi connectivity index (χ2n) is 12.5. The summed E-state index contributed by atoms with van der Waals surface area (Å²) in [5, 5.41) is 27.7. The fourth-order valence-corrected chi connectivity index (χ4v) is 6.46. The number of hydrogen-bond acceptors (Lipinski definition) is 9. The Hall–Kier alpha value is -6.02. The van der Waals surface area contributed by atoms with Gasteiger partial charge in [-0.3, -0.25) is 4.72 Å². The molecule has 0 unspecified atom stereocenters. The molecule has 13 nitrogen and oxygen atoms in total.